The van der Waals surface area contributed by atoms with Gasteiger partial charge < -0.3 is 15.0 Å². The summed E-state index contributed by atoms with van der Waals surface area (Å²) >= 11 is 0. The van der Waals surface area contributed by atoms with Crippen molar-refractivity contribution in [2.75, 3.05) is 26.0 Å². The Hall–Kier alpha value is -2.96. The number of carbonyl (C=O) groups is 2. The molecular weight excluding hydrogens is 342 g/mol. The van der Waals surface area contributed by atoms with Crippen LogP contribution in [-0.2, 0) is 16.0 Å². The molecule has 0 bridgehead atoms. The van der Waals surface area contributed by atoms with E-state index in [1.54, 1.807) is 12.1 Å². The van der Waals surface area contributed by atoms with Gasteiger partial charge in [-0.25, -0.2) is 8.78 Å². The summed E-state index contributed by atoms with van der Waals surface area (Å²) < 4.78 is 31.6. The second-order valence-corrected chi connectivity index (χ2v) is 5.78. The first-order valence-corrected chi connectivity index (χ1v) is 8.01. The van der Waals surface area contributed by atoms with E-state index in [9.17, 15) is 18.4 Å². The van der Waals surface area contributed by atoms with E-state index in [2.05, 4.69) is 5.32 Å². The third-order valence-corrected chi connectivity index (χ3v) is 3.76. The van der Waals surface area contributed by atoms with E-state index in [0.29, 0.717) is 17.7 Å². The van der Waals surface area contributed by atoms with Crippen molar-refractivity contribution in [1.82, 2.24) is 4.90 Å². The van der Waals surface area contributed by atoms with Gasteiger partial charge >= 0.3 is 0 Å². The fourth-order valence-corrected chi connectivity index (χ4v) is 2.38. The van der Waals surface area contributed by atoms with E-state index in [1.165, 1.54) is 49.4 Å². The Morgan fingerprint density at radius 1 is 1.15 bits per heavy atom. The number of aryl methyl sites for hydroxylation is 1. The van der Waals surface area contributed by atoms with Gasteiger partial charge in [0, 0.05) is 19.2 Å². The van der Waals surface area contributed by atoms with Crippen LogP contribution in [0.3, 0.4) is 0 Å². The van der Waals surface area contributed by atoms with Gasteiger partial charge in [-0.15, -0.1) is 0 Å². The third kappa shape index (κ3) is 5.54. The topological polar surface area (TPSA) is 58.6 Å². The van der Waals surface area contributed by atoms with Gasteiger partial charge in [0.2, 0.25) is 11.8 Å². The van der Waals surface area contributed by atoms with Gasteiger partial charge in [0.25, 0.3) is 0 Å². The summed E-state index contributed by atoms with van der Waals surface area (Å²) in [5.74, 6) is -1.48. The summed E-state index contributed by atoms with van der Waals surface area (Å²) in [6.07, 6.45) is 0.477. The number of halogens is 2. The molecule has 0 fully saturated rings. The number of amides is 2. The maximum atomic E-state index is 13.6. The lowest BCUT2D eigenvalue weighted by molar-refractivity contribution is -0.133. The van der Waals surface area contributed by atoms with Crippen LogP contribution in [0.1, 0.15) is 12.0 Å². The molecule has 0 aliphatic heterocycles. The number of hydrogen-bond acceptors (Lipinski definition) is 3. The second-order valence-electron chi connectivity index (χ2n) is 5.78. The normalized spacial score (nSPS) is 10.3. The summed E-state index contributed by atoms with van der Waals surface area (Å²) in [5, 5.41) is 2.53. The van der Waals surface area contributed by atoms with Crippen LogP contribution in [0.5, 0.6) is 5.75 Å². The van der Waals surface area contributed by atoms with Crippen molar-refractivity contribution in [2.24, 2.45) is 0 Å². The van der Waals surface area contributed by atoms with Gasteiger partial charge in [0.1, 0.15) is 5.82 Å². The number of methoxy groups -OCH3 is 1. The molecule has 0 saturated carbocycles. The molecule has 2 aromatic carbocycles. The highest BCUT2D eigenvalue weighted by atomic mass is 19.1. The van der Waals surface area contributed by atoms with Crippen LogP contribution in [0.25, 0.3) is 0 Å². The predicted molar refractivity (Wildman–Crippen MR) is 93.9 cm³/mol. The number of carbonyl (C=O) groups excluding carboxylic acids is 2. The summed E-state index contributed by atoms with van der Waals surface area (Å²) in [6, 6.07) is 10.0. The Bertz CT molecular complexity index is 796. The molecule has 0 radical (unpaired) electrons. The third-order valence-electron chi connectivity index (χ3n) is 3.76. The highest BCUT2D eigenvalue weighted by molar-refractivity contribution is 5.94. The average Bonchev–Trinajstić information content (AvgIpc) is 2.59. The van der Waals surface area contributed by atoms with Gasteiger partial charge in [-0.3, -0.25) is 9.59 Å². The minimum Gasteiger partial charge on any atom is -0.494 e. The average molecular weight is 362 g/mol. The van der Waals surface area contributed by atoms with E-state index < -0.39 is 17.5 Å². The van der Waals surface area contributed by atoms with E-state index in [-0.39, 0.29) is 24.6 Å². The number of ether oxygens (including phenoxy) is 1. The zero-order chi connectivity index (χ0) is 19.1. The fourth-order valence-electron chi connectivity index (χ4n) is 2.38. The summed E-state index contributed by atoms with van der Waals surface area (Å²) in [5.41, 5.74) is 0.985. The molecule has 138 valence electrons. The molecule has 0 aliphatic rings. The minimum atomic E-state index is -0.486. The molecule has 2 aromatic rings. The Kier molecular flexibility index (Phi) is 6.66. The molecule has 0 saturated heterocycles. The highest BCUT2D eigenvalue weighted by Gasteiger charge is 2.14. The Morgan fingerprint density at radius 3 is 2.58 bits per heavy atom. The molecule has 1 N–H and O–H groups in total. The highest BCUT2D eigenvalue weighted by Crippen LogP contribution is 2.18. The molecule has 0 spiro atoms. The summed E-state index contributed by atoms with van der Waals surface area (Å²) in [6.45, 7) is -0.160. The standard InChI is InChI=1S/C19H20F2N2O3/c1-23(12-18(24)22-15-5-3-4-14(20)11-15)19(25)9-7-13-6-8-17(26-2)16(21)10-13/h3-6,8,10-11H,7,9,12H2,1-2H3,(H,22,24). The van der Waals surface area contributed by atoms with Gasteiger partial charge in [0.05, 0.1) is 13.7 Å². The number of nitrogens with one attached hydrogen (secondary N) is 1. The molecule has 0 unspecified atom stereocenters. The van der Waals surface area contributed by atoms with Gasteiger partial charge in [-0.2, -0.15) is 0 Å². The monoisotopic (exact) mass is 362 g/mol. The number of benzene rings is 2. The first-order valence-electron chi connectivity index (χ1n) is 8.01. The van der Waals surface area contributed by atoms with Crippen molar-refractivity contribution in [1.29, 1.82) is 0 Å². The van der Waals surface area contributed by atoms with Crippen molar-refractivity contribution in [3.05, 3.63) is 59.7 Å². The molecule has 2 amide bonds. The van der Waals surface area contributed by atoms with E-state index in [4.69, 9.17) is 4.74 Å². The van der Waals surface area contributed by atoms with Crippen LogP contribution >= 0.6 is 0 Å². The molecule has 7 heteroatoms. The lowest BCUT2D eigenvalue weighted by Crippen LogP contribution is -2.35. The first-order chi connectivity index (χ1) is 12.4. The van der Waals surface area contributed by atoms with Crippen LogP contribution < -0.4 is 10.1 Å². The molecule has 0 heterocycles. The summed E-state index contributed by atoms with van der Waals surface area (Å²) in [4.78, 5) is 25.3. The van der Waals surface area contributed by atoms with Crippen molar-refractivity contribution in [3.63, 3.8) is 0 Å². The molecule has 5 nitrogen and oxygen atoms in total. The number of rotatable bonds is 7. The minimum absolute atomic E-state index is 0.134. The van der Waals surface area contributed by atoms with Crippen molar-refractivity contribution in [3.8, 4) is 5.75 Å². The van der Waals surface area contributed by atoms with Gasteiger partial charge in [-0.1, -0.05) is 12.1 Å². The molecule has 0 aliphatic carbocycles. The molecule has 0 aromatic heterocycles. The smallest absolute Gasteiger partial charge is 0.243 e. The van der Waals surface area contributed by atoms with Crippen molar-refractivity contribution in [2.45, 2.75) is 12.8 Å². The zero-order valence-electron chi connectivity index (χ0n) is 14.6. The lowest BCUT2D eigenvalue weighted by Gasteiger charge is -2.17. The summed E-state index contributed by atoms with van der Waals surface area (Å²) in [7, 11) is 2.88. The van der Waals surface area contributed by atoms with Crippen LogP contribution in [0.4, 0.5) is 14.5 Å². The zero-order valence-corrected chi connectivity index (χ0v) is 14.6. The molecule has 26 heavy (non-hydrogen) atoms. The number of nitrogens with zero attached hydrogens (tertiary/aromatic N) is 1. The number of hydrogen-bond donors (Lipinski definition) is 1. The van der Waals surface area contributed by atoms with E-state index >= 15 is 0 Å². The molecule has 2 rings (SSSR count). The van der Waals surface area contributed by atoms with Gasteiger partial charge in [0.15, 0.2) is 11.6 Å². The first kappa shape index (κ1) is 19.4. The maximum Gasteiger partial charge on any atom is 0.243 e. The Morgan fingerprint density at radius 2 is 1.92 bits per heavy atom. The Labute approximate surface area is 150 Å². The van der Waals surface area contributed by atoms with Crippen LogP contribution in [-0.4, -0.2) is 37.4 Å². The predicted octanol–water partition coefficient (Wildman–Crippen LogP) is 3.00. The fraction of sp³-hybridized carbons (Fsp3) is 0.263. The van der Waals surface area contributed by atoms with Crippen LogP contribution in [0.2, 0.25) is 0 Å². The molecule has 0 atom stereocenters. The Balaban J connectivity index is 1.83. The second kappa shape index (κ2) is 8.94. The lowest BCUT2D eigenvalue weighted by atomic mass is 10.1. The number of anilines is 1. The van der Waals surface area contributed by atoms with E-state index in [0.717, 1.165) is 0 Å². The molecular formula is C19H20F2N2O3. The van der Waals surface area contributed by atoms with Gasteiger partial charge in [-0.05, 0) is 42.3 Å². The van der Waals surface area contributed by atoms with Crippen molar-refractivity contribution >= 4 is 17.5 Å². The van der Waals surface area contributed by atoms with Crippen LogP contribution in [0.15, 0.2) is 42.5 Å². The van der Waals surface area contributed by atoms with Crippen molar-refractivity contribution < 1.29 is 23.1 Å². The quantitative estimate of drug-likeness (QED) is 0.824. The maximum absolute atomic E-state index is 13.6. The van der Waals surface area contributed by atoms with Crippen LogP contribution in [0, 0.1) is 11.6 Å². The number of likely N-dealkylation sites (N-methyl/N-ethyl adjacent to an activating group) is 1. The largest absolute Gasteiger partial charge is 0.494 e. The van der Waals surface area contributed by atoms with E-state index in [1.807, 2.05) is 0 Å². The SMILES string of the molecule is COc1ccc(CCC(=O)N(C)CC(=O)Nc2cccc(F)c2)cc1F.